The predicted octanol–water partition coefficient (Wildman–Crippen LogP) is 3.19. The van der Waals surface area contributed by atoms with E-state index < -0.39 is 0 Å². The lowest BCUT2D eigenvalue weighted by Crippen LogP contribution is -2.39. The summed E-state index contributed by atoms with van der Waals surface area (Å²) in [6, 6.07) is 4.32. The van der Waals surface area contributed by atoms with Crippen molar-refractivity contribution in [2.45, 2.75) is 46.5 Å². The first kappa shape index (κ1) is 16.8. The van der Waals surface area contributed by atoms with E-state index in [9.17, 15) is 4.79 Å². The summed E-state index contributed by atoms with van der Waals surface area (Å²) >= 11 is 0. The second kappa shape index (κ2) is 7.61. The fourth-order valence-corrected chi connectivity index (χ4v) is 2.74. The Balaban J connectivity index is 1.80. The van der Waals surface area contributed by atoms with Crippen molar-refractivity contribution in [2.75, 3.05) is 24.5 Å². The Labute approximate surface area is 134 Å². The Bertz CT molecular complexity index is 474. The molecule has 0 aliphatic carbocycles. The summed E-state index contributed by atoms with van der Waals surface area (Å²) in [5, 5.41) is 3.05. The molecule has 1 aliphatic heterocycles. The fourth-order valence-electron chi connectivity index (χ4n) is 2.74. The standard InChI is InChI=1S/C18H29N3O/c1-13(2)16-5-6-17(19-12-16)21-9-7-15(8-10-21)11-20-18(22)14(3)4/h5-6,12-15H,7-11H2,1-4H3,(H,20,22). The van der Waals surface area contributed by atoms with E-state index in [0.717, 1.165) is 38.3 Å². The van der Waals surface area contributed by atoms with Crippen molar-refractivity contribution in [2.24, 2.45) is 11.8 Å². The van der Waals surface area contributed by atoms with Gasteiger partial charge in [0.15, 0.2) is 0 Å². The minimum atomic E-state index is 0.0729. The smallest absolute Gasteiger partial charge is 0.222 e. The maximum absolute atomic E-state index is 11.6. The van der Waals surface area contributed by atoms with Crippen LogP contribution >= 0.6 is 0 Å². The summed E-state index contributed by atoms with van der Waals surface area (Å²) in [4.78, 5) is 18.6. The zero-order chi connectivity index (χ0) is 16.1. The highest BCUT2D eigenvalue weighted by Gasteiger charge is 2.21. The normalized spacial score (nSPS) is 16.4. The zero-order valence-electron chi connectivity index (χ0n) is 14.3. The van der Waals surface area contributed by atoms with Crippen molar-refractivity contribution in [3.63, 3.8) is 0 Å². The van der Waals surface area contributed by atoms with Crippen LogP contribution in [0.25, 0.3) is 0 Å². The van der Waals surface area contributed by atoms with E-state index in [1.54, 1.807) is 0 Å². The predicted molar refractivity (Wildman–Crippen MR) is 91.1 cm³/mol. The molecule has 4 heteroatoms. The van der Waals surface area contributed by atoms with Gasteiger partial charge in [-0.05, 0) is 36.3 Å². The van der Waals surface area contributed by atoms with Gasteiger partial charge in [-0.2, -0.15) is 0 Å². The zero-order valence-corrected chi connectivity index (χ0v) is 14.3. The number of rotatable bonds is 5. The van der Waals surface area contributed by atoms with Crippen LogP contribution in [0.1, 0.15) is 52.0 Å². The summed E-state index contributed by atoms with van der Waals surface area (Å²) in [5.74, 6) is 2.43. The molecule has 4 nitrogen and oxygen atoms in total. The largest absolute Gasteiger partial charge is 0.357 e. The van der Waals surface area contributed by atoms with E-state index in [2.05, 4.69) is 41.2 Å². The first-order valence-electron chi connectivity index (χ1n) is 8.46. The number of piperidine rings is 1. The number of anilines is 1. The van der Waals surface area contributed by atoms with Crippen molar-refractivity contribution < 1.29 is 4.79 Å². The molecule has 0 atom stereocenters. The Morgan fingerprint density at radius 2 is 1.95 bits per heavy atom. The molecule has 0 radical (unpaired) electrons. The fraction of sp³-hybridized carbons (Fsp3) is 0.667. The Hall–Kier alpha value is -1.58. The van der Waals surface area contributed by atoms with Gasteiger partial charge in [0.05, 0.1) is 0 Å². The monoisotopic (exact) mass is 303 g/mol. The molecular weight excluding hydrogens is 274 g/mol. The second-order valence-corrected chi connectivity index (χ2v) is 6.93. The van der Waals surface area contributed by atoms with Crippen LogP contribution < -0.4 is 10.2 Å². The third kappa shape index (κ3) is 4.46. The molecule has 0 bridgehead atoms. The van der Waals surface area contributed by atoms with Gasteiger partial charge in [-0.15, -0.1) is 0 Å². The number of carbonyl (C=O) groups is 1. The van der Waals surface area contributed by atoms with E-state index in [-0.39, 0.29) is 11.8 Å². The first-order valence-corrected chi connectivity index (χ1v) is 8.46. The number of amides is 1. The number of nitrogens with one attached hydrogen (secondary N) is 1. The SMILES string of the molecule is CC(C)C(=O)NCC1CCN(c2ccc(C(C)C)cn2)CC1. The number of hydrogen-bond donors (Lipinski definition) is 1. The Morgan fingerprint density at radius 1 is 1.27 bits per heavy atom. The molecule has 122 valence electrons. The van der Waals surface area contributed by atoms with Crippen LogP contribution in [0.4, 0.5) is 5.82 Å². The van der Waals surface area contributed by atoms with Crippen LogP contribution in [0.3, 0.4) is 0 Å². The molecular formula is C18H29N3O. The molecule has 1 N–H and O–H groups in total. The van der Waals surface area contributed by atoms with Crippen molar-refractivity contribution in [3.8, 4) is 0 Å². The first-order chi connectivity index (χ1) is 10.5. The molecule has 0 spiro atoms. The highest BCUT2D eigenvalue weighted by molar-refractivity contribution is 5.77. The third-order valence-electron chi connectivity index (χ3n) is 4.47. The number of carbonyl (C=O) groups excluding carboxylic acids is 1. The summed E-state index contributed by atoms with van der Waals surface area (Å²) < 4.78 is 0. The van der Waals surface area contributed by atoms with Gasteiger partial charge in [0.2, 0.25) is 5.91 Å². The van der Waals surface area contributed by atoms with Crippen LogP contribution in [-0.4, -0.2) is 30.5 Å². The van der Waals surface area contributed by atoms with Crippen molar-refractivity contribution >= 4 is 11.7 Å². The highest BCUT2D eigenvalue weighted by atomic mass is 16.1. The maximum Gasteiger partial charge on any atom is 0.222 e. The molecule has 0 unspecified atom stereocenters. The van der Waals surface area contributed by atoms with Crippen LogP contribution in [0, 0.1) is 11.8 Å². The third-order valence-corrected chi connectivity index (χ3v) is 4.47. The lowest BCUT2D eigenvalue weighted by atomic mass is 9.96. The molecule has 1 saturated heterocycles. The van der Waals surface area contributed by atoms with E-state index in [1.807, 2.05) is 20.0 Å². The lowest BCUT2D eigenvalue weighted by Gasteiger charge is -2.33. The van der Waals surface area contributed by atoms with Gasteiger partial charge in [0, 0.05) is 31.7 Å². The van der Waals surface area contributed by atoms with Gasteiger partial charge in [0.1, 0.15) is 5.82 Å². The number of hydrogen-bond acceptors (Lipinski definition) is 3. The molecule has 1 aromatic rings. The number of aromatic nitrogens is 1. The summed E-state index contributed by atoms with van der Waals surface area (Å²) in [7, 11) is 0. The minimum absolute atomic E-state index is 0.0729. The number of pyridine rings is 1. The topological polar surface area (TPSA) is 45.2 Å². The Kier molecular flexibility index (Phi) is 5.81. The molecule has 0 saturated carbocycles. The van der Waals surface area contributed by atoms with Crippen LogP contribution in [-0.2, 0) is 4.79 Å². The molecule has 1 aromatic heterocycles. The average Bonchev–Trinajstić information content (AvgIpc) is 2.53. The van der Waals surface area contributed by atoms with Gasteiger partial charge in [-0.3, -0.25) is 4.79 Å². The summed E-state index contributed by atoms with van der Waals surface area (Å²) in [6.45, 7) is 11.1. The molecule has 0 aromatic carbocycles. The van der Waals surface area contributed by atoms with E-state index in [4.69, 9.17) is 0 Å². The quantitative estimate of drug-likeness (QED) is 0.908. The molecule has 22 heavy (non-hydrogen) atoms. The van der Waals surface area contributed by atoms with Crippen molar-refractivity contribution in [1.29, 1.82) is 0 Å². The van der Waals surface area contributed by atoms with Crippen LogP contribution in [0.5, 0.6) is 0 Å². The second-order valence-electron chi connectivity index (χ2n) is 6.93. The maximum atomic E-state index is 11.6. The van der Waals surface area contributed by atoms with E-state index >= 15 is 0 Å². The van der Waals surface area contributed by atoms with E-state index in [1.165, 1.54) is 5.56 Å². The Morgan fingerprint density at radius 3 is 2.45 bits per heavy atom. The van der Waals surface area contributed by atoms with Crippen molar-refractivity contribution in [3.05, 3.63) is 23.9 Å². The minimum Gasteiger partial charge on any atom is -0.357 e. The molecule has 1 amide bonds. The van der Waals surface area contributed by atoms with Gasteiger partial charge in [-0.25, -0.2) is 4.98 Å². The van der Waals surface area contributed by atoms with Gasteiger partial charge < -0.3 is 10.2 Å². The molecule has 2 rings (SSSR count). The van der Waals surface area contributed by atoms with Gasteiger partial charge >= 0.3 is 0 Å². The highest BCUT2D eigenvalue weighted by Crippen LogP contribution is 2.23. The number of nitrogens with zero attached hydrogens (tertiary/aromatic N) is 2. The van der Waals surface area contributed by atoms with E-state index in [0.29, 0.717) is 11.8 Å². The average molecular weight is 303 g/mol. The molecule has 2 heterocycles. The van der Waals surface area contributed by atoms with Gasteiger partial charge in [-0.1, -0.05) is 33.8 Å². The van der Waals surface area contributed by atoms with Crippen molar-refractivity contribution in [1.82, 2.24) is 10.3 Å². The summed E-state index contributed by atoms with van der Waals surface area (Å²) in [6.07, 6.45) is 4.23. The van der Waals surface area contributed by atoms with Crippen LogP contribution in [0.15, 0.2) is 18.3 Å². The summed E-state index contributed by atoms with van der Waals surface area (Å²) in [5.41, 5.74) is 1.29. The van der Waals surface area contributed by atoms with Crippen LogP contribution in [0.2, 0.25) is 0 Å². The van der Waals surface area contributed by atoms with Gasteiger partial charge in [0.25, 0.3) is 0 Å². The molecule has 1 aliphatic rings. The molecule has 1 fully saturated rings. The lowest BCUT2D eigenvalue weighted by molar-refractivity contribution is -0.124.